The fraction of sp³-hybridized carbons (Fsp3) is 0.0417. The molecular weight excluding hydrogens is 408 g/mol. The number of aromatic hydroxyl groups is 1. The zero-order chi connectivity index (χ0) is 22.1. The normalized spacial score (nSPS) is 10.9. The van der Waals surface area contributed by atoms with Crippen molar-refractivity contribution in [2.45, 2.75) is 0 Å². The van der Waals surface area contributed by atoms with Crippen LogP contribution in [-0.2, 0) is 0 Å². The van der Waals surface area contributed by atoms with Gasteiger partial charge in [0.25, 0.3) is 5.78 Å². The Morgan fingerprint density at radius 2 is 1.66 bits per heavy atom. The lowest BCUT2D eigenvalue weighted by Gasteiger charge is -2.13. The first-order valence-electron chi connectivity index (χ1n) is 9.81. The van der Waals surface area contributed by atoms with E-state index in [1.807, 2.05) is 54.6 Å². The highest BCUT2D eigenvalue weighted by Crippen LogP contribution is 2.38. The van der Waals surface area contributed by atoms with Crippen molar-refractivity contribution in [2.75, 3.05) is 7.11 Å². The number of benzene rings is 3. The minimum absolute atomic E-state index is 0.0112. The van der Waals surface area contributed by atoms with E-state index in [4.69, 9.17) is 9.47 Å². The van der Waals surface area contributed by atoms with E-state index in [2.05, 4.69) is 15.2 Å². The Balaban J connectivity index is 1.63. The minimum Gasteiger partial charge on any atom is -0.507 e. The number of nitrogens with one attached hydrogen (secondary N) is 1. The number of aromatic amines is 1. The molecule has 0 amide bonds. The number of methoxy groups -OCH3 is 1. The molecular formula is C24H18N4O4. The number of ether oxygens (including phenoxy) is 2. The first kappa shape index (κ1) is 19.4. The Kier molecular flexibility index (Phi) is 4.79. The Morgan fingerprint density at radius 3 is 2.38 bits per heavy atom. The van der Waals surface area contributed by atoms with E-state index in [0.717, 1.165) is 5.56 Å². The molecule has 0 spiro atoms. The number of hydrogen-bond donors (Lipinski definition) is 2. The van der Waals surface area contributed by atoms with Crippen molar-refractivity contribution >= 4 is 5.78 Å². The Morgan fingerprint density at radius 1 is 0.906 bits per heavy atom. The van der Waals surface area contributed by atoms with Crippen molar-refractivity contribution in [2.24, 2.45) is 0 Å². The van der Waals surface area contributed by atoms with Gasteiger partial charge in [-0.25, -0.2) is 19.3 Å². The highest BCUT2D eigenvalue weighted by atomic mass is 16.5. The number of rotatable bonds is 5. The van der Waals surface area contributed by atoms with Gasteiger partial charge < -0.3 is 14.6 Å². The molecule has 5 aromatic rings. The summed E-state index contributed by atoms with van der Waals surface area (Å²) in [5, 5.41) is 17.2. The molecule has 0 bridgehead atoms. The van der Waals surface area contributed by atoms with Gasteiger partial charge in [0.2, 0.25) is 0 Å². The zero-order valence-corrected chi connectivity index (χ0v) is 17.0. The molecule has 2 aromatic heterocycles. The highest BCUT2D eigenvalue weighted by Gasteiger charge is 2.17. The summed E-state index contributed by atoms with van der Waals surface area (Å²) in [6.45, 7) is 0. The van der Waals surface area contributed by atoms with Crippen LogP contribution < -0.4 is 15.2 Å². The molecule has 0 aliphatic heterocycles. The molecule has 2 N–H and O–H groups in total. The van der Waals surface area contributed by atoms with Gasteiger partial charge in [-0.1, -0.05) is 30.3 Å². The first-order valence-corrected chi connectivity index (χ1v) is 9.81. The molecule has 3 aromatic carbocycles. The van der Waals surface area contributed by atoms with Gasteiger partial charge in [0.05, 0.1) is 12.8 Å². The second-order valence-corrected chi connectivity index (χ2v) is 7.02. The third-order valence-corrected chi connectivity index (χ3v) is 5.02. The molecule has 0 saturated heterocycles. The predicted octanol–water partition coefficient (Wildman–Crippen LogP) is 4.26. The Labute approximate surface area is 182 Å². The van der Waals surface area contributed by atoms with Gasteiger partial charge in [0, 0.05) is 23.4 Å². The largest absolute Gasteiger partial charge is 0.507 e. The van der Waals surface area contributed by atoms with Crippen molar-refractivity contribution in [1.29, 1.82) is 0 Å². The summed E-state index contributed by atoms with van der Waals surface area (Å²) in [5.74, 6) is 2.04. The van der Waals surface area contributed by atoms with Crippen molar-refractivity contribution in [3.05, 3.63) is 89.5 Å². The van der Waals surface area contributed by atoms with Crippen LogP contribution in [0.2, 0.25) is 0 Å². The number of phenolic OH excluding ortho intramolecular Hbond substituents is 1. The molecule has 0 unspecified atom stereocenters. The van der Waals surface area contributed by atoms with E-state index in [-0.39, 0.29) is 11.5 Å². The van der Waals surface area contributed by atoms with Crippen molar-refractivity contribution < 1.29 is 14.6 Å². The molecule has 2 heterocycles. The van der Waals surface area contributed by atoms with Crippen LogP contribution in [0.25, 0.3) is 28.2 Å². The lowest BCUT2D eigenvalue weighted by Crippen LogP contribution is -2.10. The topological polar surface area (TPSA) is 102 Å². The van der Waals surface area contributed by atoms with E-state index in [0.29, 0.717) is 34.1 Å². The number of phenols is 1. The van der Waals surface area contributed by atoms with Crippen LogP contribution in [-0.4, -0.2) is 31.8 Å². The number of para-hydroxylation sites is 1. The average molecular weight is 426 g/mol. The molecule has 0 radical (unpaired) electrons. The molecule has 5 rings (SSSR count). The van der Waals surface area contributed by atoms with Crippen molar-refractivity contribution in [1.82, 2.24) is 19.6 Å². The van der Waals surface area contributed by atoms with Gasteiger partial charge in [-0.2, -0.15) is 0 Å². The SMILES string of the molecule is COc1ccc(-c2cn3c(=O)[nH]nc3nc2-c2ccc(Oc3ccccc3)cc2O)cc1. The van der Waals surface area contributed by atoms with Gasteiger partial charge in [0.15, 0.2) is 0 Å². The quantitative estimate of drug-likeness (QED) is 0.435. The maximum atomic E-state index is 12.1. The summed E-state index contributed by atoms with van der Waals surface area (Å²) in [6.07, 6.45) is 1.65. The van der Waals surface area contributed by atoms with Crippen molar-refractivity contribution in [3.63, 3.8) is 0 Å². The number of fused-ring (bicyclic) bond motifs is 1. The summed E-state index contributed by atoms with van der Waals surface area (Å²) in [7, 11) is 1.59. The van der Waals surface area contributed by atoms with Gasteiger partial charge in [-0.3, -0.25) is 0 Å². The second kappa shape index (κ2) is 7.92. The summed E-state index contributed by atoms with van der Waals surface area (Å²) in [4.78, 5) is 16.7. The van der Waals surface area contributed by atoms with Crippen LogP contribution in [0.3, 0.4) is 0 Å². The van der Waals surface area contributed by atoms with Gasteiger partial charge in [0.1, 0.15) is 23.0 Å². The molecule has 8 nitrogen and oxygen atoms in total. The van der Waals surface area contributed by atoms with E-state index in [1.54, 1.807) is 25.4 Å². The van der Waals surface area contributed by atoms with Crippen LogP contribution in [0.4, 0.5) is 0 Å². The fourth-order valence-corrected chi connectivity index (χ4v) is 3.43. The summed E-state index contributed by atoms with van der Waals surface area (Å²) in [5.41, 5.74) is 2.01. The molecule has 0 fully saturated rings. The highest BCUT2D eigenvalue weighted by molar-refractivity contribution is 5.84. The fourth-order valence-electron chi connectivity index (χ4n) is 3.43. The summed E-state index contributed by atoms with van der Waals surface area (Å²) >= 11 is 0. The molecule has 0 saturated carbocycles. The van der Waals surface area contributed by atoms with Crippen molar-refractivity contribution in [3.8, 4) is 45.4 Å². The number of H-pyrrole nitrogens is 1. The predicted molar refractivity (Wildman–Crippen MR) is 119 cm³/mol. The third kappa shape index (κ3) is 3.54. The number of aromatic nitrogens is 4. The standard InChI is InChI=1S/C24H18N4O4/c1-31-16-9-7-15(8-10-16)20-14-28-23(26-27-24(28)30)25-22(20)19-12-11-18(13-21(19)29)32-17-5-3-2-4-6-17/h2-14,29H,1H3,(H,27,30). The first-order chi connectivity index (χ1) is 15.6. The van der Waals surface area contributed by atoms with Crippen LogP contribution in [0.1, 0.15) is 0 Å². The molecule has 158 valence electrons. The molecule has 32 heavy (non-hydrogen) atoms. The minimum atomic E-state index is -0.398. The van der Waals surface area contributed by atoms with Gasteiger partial charge in [-0.05, 0) is 42.0 Å². The molecule has 8 heteroatoms. The monoisotopic (exact) mass is 426 g/mol. The lowest BCUT2D eigenvalue weighted by atomic mass is 10.00. The summed E-state index contributed by atoms with van der Waals surface area (Å²) < 4.78 is 12.4. The van der Waals surface area contributed by atoms with Crippen LogP contribution in [0, 0.1) is 0 Å². The van der Waals surface area contributed by atoms with E-state index in [1.165, 1.54) is 10.5 Å². The second-order valence-electron chi connectivity index (χ2n) is 7.02. The number of hydrogen-bond acceptors (Lipinski definition) is 6. The Bertz CT molecular complexity index is 1460. The smallest absolute Gasteiger partial charge is 0.348 e. The van der Waals surface area contributed by atoms with E-state index < -0.39 is 5.69 Å². The molecule has 0 atom stereocenters. The number of nitrogens with zero attached hydrogens (tertiary/aromatic N) is 3. The van der Waals surface area contributed by atoms with Gasteiger partial charge >= 0.3 is 5.69 Å². The van der Waals surface area contributed by atoms with Crippen LogP contribution >= 0.6 is 0 Å². The third-order valence-electron chi connectivity index (χ3n) is 5.02. The Hall–Kier alpha value is -4.59. The van der Waals surface area contributed by atoms with Crippen LogP contribution in [0.15, 0.2) is 83.8 Å². The maximum Gasteiger partial charge on any atom is 0.348 e. The zero-order valence-electron chi connectivity index (χ0n) is 17.0. The van der Waals surface area contributed by atoms with E-state index in [9.17, 15) is 9.90 Å². The lowest BCUT2D eigenvalue weighted by molar-refractivity contribution is 0.415. The van der Waals surface area contributed by atoms with Crippen LogP contribution in [0.5, 0.6) is 23.0 Å². The maximum absolute atomic E-state index is 12.1. The average Bonchev–Trinajstić information content (AvgIpc) is 3.19. The molecule has 0 aliphatic carbocycles. The molecule has 0 aliphatic rings. The van der Waals surface area contributed by atoms with E-state index >= 15 is 0 Å². The summed E-state index contributed by atoms with van der Waals surface area (Å²) in [6, 6.07) is 21.7. The van der Waals surface area contributed by atoms with Gasteiger partial charge in [-0.15, -0.1) is 5.10 Å².